The van der Waals surface area contributed by atoms with Crippen molar-refractivity contribution in [3.8, 4) is 0 Å². The van der Waals surface area contributed by atoms with Crippen molar-refractivity contribution < 1.29 is 9.53 Å². The summed E-state index contributed by atoms with van der Waals surface area (Å²) in [6.07, 6.45) is 2.89. The Kier molecular flexibility index (Phi) is 2.98. The number of hydrogen-bond donors (Lipinski definition) is 1. The summed E-state index contributed by atoms with van der Waals surface area (Å²) in [4.78, 5) is 13.8. The Balaban J connectivity index is 1.94. The van der Waals surface area contributed by atoms with Gasteiger partial charge in [-0.05, 0) is 19.3 Å². The Morgan fingerprint density at radius 1 is 1.60 bits per heavy atom. The second-order valence-electron chi connectivity index (χ2n) is 4.83. The molecule has 2 atom stereocenters. The Morgan fingerprint density at radius 2 is 2.40 bits per heavy atom. The van der Waals surface area contributed by atoms with Crippen molar-refractivity contribution in [1.29, 1.82) is 0 Å². The highest BCUT2D eigenvalue weighted by molar-refractivity contribution is 5.81. The average Bonchev–Trinajstić information content (AvgIpc) is 2.88. The van der Waals surface area contributed by atoms with Gasteiger partial charge in [0.15, 0.2) is 0 Å². The number of amides is 1. The molecule has 4 heteroatoms. The van der Waals surface area contributed by atoms with Gasteiger partial charge in [0.2, 0.25) is 5.91 Å². The van der Waals surface area contributed by atoms with E-state index in [9.17, 15) is 4.79 Å². The maximum absolute atomic E-state index is 11.9. The highest BCUT2D eigenvalue weighted by Crippen LogP contribution is 2.38. The molecule has 0 aromatic rings. The van der Waals surface area contributed by atoms with Crippen molar-refractivity contribution in [3.63, 3.8) is 0 Å². The van der Waals surface area contributed by atoms with Crippen molar-refractivity contribution in [1.82, 2.24) is 4.90 Å². The molecule has 2 N–H and O–H groups in total. The fraction of sp³-hybridized carbons (Fsp3) is 0.909. The first kappa shape index (κ1) is 10.9. The zero-order valence-electron chi connectivity index (χ0n) is 9.37. The molecular weight excluding hydrogens is 192 g/mol. The quantitative estimate of drug-likeness (QED) is 0.719. The minimum absolute atomic E-state index is 0.112. The zero-order chi connectivity index (χ0) is 10.9. The molecule has 15 heavy (non-hydrogen) atoms. The van der Waals surface area contributed by atoms with E-state index in [0.717, 1.165) is 45.6 Å². The Bertz CT molecular complexity index is 249. The van der Waals surface area contributed by atoms with Gasteiger partial charge in [0.25, 0.3) is 0 Å². The van der Waals surface area contributed by atoms with Gasteiger partial charge in [0, 0.05) is 25.1 Å². The van der Waals surface area contributed by atoms with Crippen LogP contribution in [0, 0.1) is 5.41 Å². The number of nitrogens with zero attached hydrogens (tertiary/aromatic N) is 1. The van der Waals surface area contributed by atoms with Crippen molar-refractivity contribution in [2.75, 3.05) is 26.3 Å². The fourth-order valence-corrected chi connectivity index (χ4v) is 2.50. The topological polar surface area (TPSA) is 55.6 Å². The van der Waals surface area contributed by atoms with Gasteiger partial charge in [0.05, 0.1) is 12.6 Å². The van der Waals surface area contributed by atoms with E-state index in [0.29, 0.717) is 0 Å². The van der Waals surface area contributed by atoms with E-state index in [1.54, 1.807) is 0 Å². The average molecular weight is 212 g/mol. The van der Waals surface area contributed by atoms with E-state index >= 15 is 0 Å². The maximum Gasteiger partial charge on any atom is 0.239 e. The summed E-state index contributed by atoms with van der Waals surface area (Å²) >= 11 is 0. The third-order valence-corrected chi connectivity index (χ3v) is 3.69. The van der Waals surface area contributed by atoms with Crippen LogP contribution in [0.3, 0.4) is 0 Å². The standard InChI is InChI=1S/C11H20N2O2/c1-2-9(12)10(14)13-5-3-11(7-13)4-6-15-8-11/h9H,2-8,12H2,1H3/t9-,11?/m0/s1. The van der Waals surface area contributed by atoms with Crippen LogP contribution < -0.4 is 5.73 Å². The van der Waals surface area contributed by atoms with Gasteiger partial charge in [-0.1, -0.05) is 6.92 Å². The third-order valence-electron chi connectivity index (χ3n) is 3.69. The summed E-state index contributed by atoms with van der Waals surface area (Å²) in [5.41, 5.74) is 6.01. The second-order valence-corrected chi connectivity index (χ2v) is 4.83. The summed E-state index contributed by atoms with van der Waals surface area (Å²) in [6, 6.07) is -0.317. The number of likely N-dealkylation sites (tertiary alicyclic amines) is 1. The van der Waals surface area contributed by atoms with Gasteiger partial charge in [-0.2, -0.15) is 0 Å². The molecule has 0 aliphatic carbocycles. The van der Waals surface area contributed by atoms with Crippen LogP contribution in [0.25, 0.3) is 0 Å². The lowest BCUT2D eigenvalue weighted by Gasteiger charge is -2.23. The van der Waals surface area contributed by atoms with Crippen LogP contribution in [0.1, 0.15) is 26.2 Å². The van der Waals surface area contributed by atoms with Crippen LogP contribution in [0.15, 0.2) is 0 Å². The third kappa shape index (κ3) is 2.01. The van der Waals surface area contributed by atoms with Crippen LogP contribution in [0.4, 0.5) is 0 Å². The number of ether oxygens (including phenoxy) is 1. The number of hydrogen-bond acceptors (Lipinski definition) is 3. The van der Waals surface area contributed by atoms with E-state index in [2.05, 4.69) is 0 Å². The number of nitrogens with two attached hydrogens (primary N) is 1. The van der Waals surface area contributed by atoms with Crippen molar-refractivity contribution >= 4 is 5.91 Å². The van der Waals surface area contributed by atoms with E-state index in [4.69, 9.17) is 10.5 Å². The van der Waals surface area contributed by atoms with E-state index < -0.39 is 0 Å². The van der Waals surface area contributed by atoms with Gasteiger partial charge in [-0.25, -0.2) is 0 Å². The van der Waals surface area contributed by atoms with E-state index in [1.165, 1.54) is 0 Å². The minimum atomic E-state index is -0.317. The van der Waals surface area contributed by atoms with E-state index in [1.807, 2.05) is 11.8 Å². The molecule has 0 bridgehead atoms. The van der Waals surface area contributed by atoms with Crippen LogP contribution in [-0.2, 0) is 9.53 Å². The first-order valence-electron chi connectivity index (χ1n) is 5.79. The zero-order valence-corrected chi connectivity index (χ0v) is 9.37. The van der Waals surface area contributed by atoms with Crippen LogP contribution >= 0.6 is 0 Å². The highest BCUT2D eigenvalue weighted by Gasteiger charge is 2.43. The molecule has 1 amide bonds. The molecule has 4 nitrogen and oxygen atoms in total. The molecule has 0 aromatic heterocycles. The number of carbonyl (C=O) groups is 1. The predicted octanol–water partition coefficient (Wildman–Crippen LogP) is 0.363. The summed E-state index contributed by atoms with van der Waals surface area (Å²) in [5.74, 6) is 0.112. The first-order valence-corrected chi connectivity index (χ1v) is 5.79. The lowest BCUT2D eigenvalue weighted by molar-refractivity contribution is -0.132. The molecule has 2 saturated heterocycles. The molecule has 0 radical (unpaired) electrons. The van der Waals surface area contributed by atoms with E-state index in [-0.39, 0.29) is 17.4 Å². The number of carbonyl (C=O) groups excluding carboxylic acids is 1. The lowest BCUT2D eigenvalue weighted by Crippen LogP contribution is -2.43. The molecule has 2 aliphatic heterocycles. The van der Waals surface area contributed by atoms with Crippen molar-refractivity contribution in [2.24, 2.45) is 11.1 Å². The summed E-state index contributed by atoms with van der Waals surface area (Å²) in [6.45, 7) is 5.32. The molecule has 0 aromatic carbocycles. The number of rotatable bonds is 2. The van der Waals surface area contributed by atoms with Gasteiger partial charge >= 0.3 is 0 Å². The molecule has 1 spiro atoms. The normalized spacial score (nSPS) is 32.5. The molecule has 0 saturated carbocycles. The molecule has 1 unspecified atom stereocenters. The molecule has 2 heterocycles. The fourth-order valence-electron chi connectivity index (χ4n) is 2.50. The molecule has 86 valence electrons. The van der Waals surface area contributed by atoms with Gasteiger partial charge in [-0.3, -0.25) is 4.79 Å². The van der Waals surface area contributed by atoms with Crippen LogP contribution in [0.5, 0.6) is 0 Å². The summed E-state index contributed by atoms with van der Waals surface area (Å²) in [5, 5.41) is 0. The lowest BCUT2D eigenvalue weighted by atomic mass is 9.87. The molecular formula is C11H20N2O2. The summed E-state index contributed by atoms with van der Waals surface area (Å²) < 4.78 is 5.43. The SMILES string of the molecule is CC[C@H](N)C(=O)N1CCC2(CCOC2)C1. The van der Waals surface area contributed by atoms with Crippen molar-refractivity contribution in [2.45, 2.75) is 32.2 Å². The molecule has 2 aliphatic rings. The van der Waals surface area contributed by atoms with Crippen LogP contribution in [0.2, 0.25) is 0 Å². The van der Waals surface area contributed by atoms with Gasteiger partial charge in [-0.15, -0.1) is 0 Å². The first-order chi connectivity index (χ1) is 7.17. The maximum atomic E-state index is 11.9. The summed E-state index contributed by atoms with van der Waals surface area (Å²) in [7, 11) is 0. The largest absolute Gasteiger partial charge is 0.381 e. The Hall–Kier alpha value is -0.610. The molecule has 2 fully saturated rings. The highest BCUT2D eigenvalue weighted by atomic mass is 16.5. The Morgan fingerprint density at radius 3 is 3.00 bits per heavy atom. The van der Waals surface area contributed by atoms with Gasteiger partial charge in [0.1, 0.15) is 0 Å². The smallest absolute Gasteiger partial charge is 0.239 e. The predicted molar refractivity (Wildman–Crippen MR) is 57.3 cm³/mol. The Labute approximate surface area is 90.8 Å². The van der Waals surface area contributed by atoms with Crippen LogP contribution in [-0.4, -0.2) is 43.2 Å². The second kappa shape index (κ2) is 4.10. The van der Waals surface area contributed by atoms with Crippen molar-refractivity contribution in [3.05, 3.63) is 0 Å². The molecule has 2 rings (SSSR count). The van der Waals surface area contributed by atoms with Gasteiger partial charge < -0.3 is 15.4 Å². The monoisotopic (exact) mass is 212 g/mol. The minimum Gasteiger partial charge on any atom is -0.381 e.